The third kappa shape index (κ3) is 3.73. The number of nitrogens with zero attached hydrogens (tertiary/aromatic N) is 1. The molecule has 0 spiro atoms. The SMILES string of the molecule is Cc1nc(CCCC(=O)NC2(C(=O)O)CCSC2)cs1. The van der Waals surface area contributed by atoms with E-state index in [0.717, 1.165) is 22.9 Å². The number of thioether (sulfide) groups is 1. The third-order valence-corrected chi connectivity index (χ3v) is 5.33. The molecule has 1 fully saturated rings. The summed E-state index contributed by atoms with van der Waals surface area (Å²) in [7, 11) is 0. The van der Waals surface area contributed by atoms with Crippen molar-refractivity contribution in [2.75, 3.05) is 11.5 Å². The summed E-state index contributed by atoms with van der Waals surface area (Å²) < 4.78 is 0. The smallest absolute Gasteiger partial charge is 0.330 e. The van der Waals surface area contributed by atoms with Crippen LogP contribution in [0.2, 0.25) is 0 Å². The van der Waals surface area contributed by atoms with Crippen LogP contribution in [0.25, 0.3) is 0 Å². The molecule has 2 N–H and O–H groups in total. The highest BCUT2D eigenvalue weighted by Gasteiger charge is 2.43. The van der Waals surface area contributed by atoms with Gasteiger partial charge in [0.15, 0.2) is 0 Å². The van der Waals surface area contributed by atoms with Crippen molar-refractivity contribution in [2.24, 2.45) is 0 Å². The molecule has 110 valence electrons. The fraction of sp³-hybridized carbons (Fsp3) is 0.615. The van der Waals surface area contributed by atoms with Crippen molar-refractivity contribution >= 4 is 35.0 Å². The number of aryl methyl sites for hydroxylation is 2. The number of carboxylic acids is 1. The van der Waals surface area contributed by atoms with Gasteiger partial charge in [-0.3, -0.25) is 4.79 Å². The van der Waals surface area contributed by atoms with E-state index in [-0.39, 0.29) is 5.91 Å². The highest BCUT2D eigenvalue weighted by atomic mass is 32.2. The summed E-state index contributed by atoms with van der Waals surface area (Å²) in [5, 5.41) is 15.0. The van der Waals surface area contributed by atoms with Crippen molar-refractivity contribution in [2.45, 2.75) is 38.1 Å². The first kappa shape index (κ1) is 15.3. The summed E-state index contributed by atoms with van der Waals surface area (Å²) in [6, 6.07) is 0. The minimum absolute atomic E-state index is 0.179. The van der Waals surface area contributed by atoms with E-state index in [9.17, 15) is 14.7 Å². The molecule has 1 amide bonds. The number of amides is 1. The van der Waals surface area contributed by atoms with Crippen molar-refractivity contribution in [1.82, 2.24) is 10.3 Å². The maximum atomic E-state index is 11.9. The highest BCUT2D eigenvalue weighted by Crippen LogP contribution is 2.28. The molecule has 1 aromatic rings. The Kier molecular flexibility index (Phi) is 5.04. The standard InChI is InChI=1S/C13H18N2O3S2/c1-9-14-10(7-20-9)3-2-4-11(16)15-13(12(17)18)5-6-19-8-13/h7H,2-6,8H2,1H3,(H,15,16)(H,17,18). The van der Waals surface area contributed by atoms with Gasteiger partial charge < -0.3 is 10.4 Å². The Hall–Kier alpha value is -1.08. The summed E-state index contributed by atoms with van der Waals surface area (Å²) in [6.07, 6.45) is 2.30. The number of carbonyl (C=O) groups is 2. The maximum Gasteiger partial charge on any atom is 0.330 e. The number of hydrogen-bond acceptors (Lipinski definition) is 5. The molecule has 0 saturated carbocycles. The lowest BCUT2D eigenvalue weighted by Gasteiger charge is -2.24. The van der Waals surface area contributed by atoms with E-state index in [2.05, 4.69) is 10.3 Å². The Morgan fingerprint density at radius 1 is 1.55 bits per heavy atom. The lowest BCUT2D eigenvalue weighted by atomic mass is 9.99. The predicted molar refractivity (Wildman–Crippen MR) is 80.2 cm³/mol. The van der Waals surface area contributed by atoms with Gasteiger partial charge in [0, 0.05) is 17.6 Å². The fourth-order valence-electron chi connectivity index (χ4n) is 2.17. The topological polar surface area (TPSA) is 79.3 Å². The molecule has 0 bridgehead atoms. The summed E-state index contributed by atoms with van der Waals surface area (Å²) >= 11 is 3.17. The Morgan fingerprint density at radius 3 is 2.90 bits per heavy atom. The van der Waals surface area contributed by atoms with Crippen LogP contribution in [-0.4, -0.2) is 39.0 Å². The molecule has 2 rings (SSSR count). The van der Waals surface area contributed by atoms with Crippen LogP contribution in [0, 0.1) is 6.92 Å². The molecular formula is C13H18N2O3S2. The molecule has 1 saturated heterocycles. The van der Waals surface area contributed by atoms with Crippen molar-refractivity contribution in [3.63, 3.8) is 0 Å². The maximum absolute atomic E-state index is 11.9. The van der Waals surface area contributed by atoms with Crippen molar-refractivity contribution in [1.29, 1.82) is 0 Å². The molecule has 1 aliphatic heterocycles. The first-order valence-electron chi connectivity index (χ1n) is 6.55. The molecule has 2 heterocycles. The minimum atomic E-state index is -1.06. The number of carbonyl (C=O) groups excluding carboxylic acids is 1. The van der Waals surface area contributed by atoms with Gasteiger partial charge in [-0.05, 0) is 31.9 Å². The van der Waals surface area contributed by atoms with Gasteiger partial charge in [-0.15, -0.1) is 11.3 Å². The first-order valence-corrected chi connectivity index (χ1v) is 8.58. The summed E-state index contributed by atoms with van der Waals surface area (Å²) in [5.41, 5.74) is -0.0523. The van der Waals surface area contributed by atoms with E-state index in [0.29, 0.717) is 25.0 Å². The highest BCUT2D eigenvalue weighted by molar-refractivity contribution is 7.99. The number of hydrogen-bond donors (Lipinski definition) is 2. The van der Waals surface area contributed by atoms with Crippen LogP contribution in [0.1, 0.15) is 30.0 Å². The second-order valence-corrected chi connectivity index (χ2v) is 7.12. The minimum Gasteiger partial charge on any atom is -0.479 e. The van der Waals surface area contributed by atoms with E-state index < -0.39 is 11.5 Å². The molecule has 0 aliphatic carbocycles. The molecule has 1 aromatic heterocycles. The number of nitrogens with one attached hydrogen (secondary N) is 1. The summed E-state index contributed by atoms with van der Waals surface area (Å²) in [6.45, 7) is 1.95. The van der Waals surface area contributed by atoms with Crippen LogP contribution in [-0.2, 0) is 16.0 Å². The average molecular weight is 314 g/mol. The molecule has 5 nitrogen and oxygen atoms in total. The van der Waals surface area contributed by atoms with Crippen molar-refractivity contribution < 1.29 is 14.7 Å². The van der Waals surface area contributed by atoms with Crippen LogP contribution in [0.4, 0.5) is 0 Å². The number of rotatable bonds is 6. The molecular weight excluding hydrogens is 296 g/mol. The van der Waals surface area contributed by atoms with E-state index in [1.54, 1.807) is 23.1 Å². The Bertz CT molecular complexity index is 496. The van der Waals surface area contributed by atoms with Crippen molar-refractivity contribution in [3.05, 3.63) is 16.1 Å². The average Bonchev–Trinajstić information content (AvgIpc) is 2.99. The summed E-state index contributed by atoms with van der Waals surface area (Å²) in [4.78, 5) is 27.6. The molecule has 1 atom stereocenters. The zero-order valence-corrected chi connectivity index (χ0v) is 13.0. The van der Waals surface area contributed by atoms with Gasteiger partial charge in [0.2, 0.25) is 5.91 Å². The number of aliphatic carboxylic acids is 1. The normalized spacial score (nSPS) is 21.9. The lowest BCUT2D eigenvalue weighted by Crippen LogP contribution is -2.54. The van der Waals surface area contributed by atoms with Crippen LogP contribution in [0.15, 0.2) is 5.38 Å². The van der Waals surface area contributed by atoms with Crippen LogP contribution in [0.3, 0.4) is 0 Å². The lowest BCUT2D eigenvalue weighted by molar-refractivity contribution is -0.146. The Labute approximate surface area is 126 Å². The molecule has 1 aliphatic rings. The number of carboxylic acid groups (broad SMARTS) is 1. The Morgan fingerprint density at radius 2 is 2.35 bits per heavy atom. The van der Waals surface area contributed by atoms with Gasteiger partial charge in [-0.25, -0.2) is 9.78 Å². The second-order valence-electron chi connectivity index (χ2n) is 4.95. The fourth-order valence-corrected chi connectivity index (χ4v) is 4.14. The van der Waals surface area contributed by atoms with Gasteiger partial charge in [-0.2, -0.15) is 11.8 Å². The van der Waals surface area contributed by atoms with E-state index in [1.165, 1.54) is 0 Å². The third-order valence-electron chi connectivity index (χ3n) is 3.31. The second kappa shape index (κ2) is 6.58. The number of thiazole rings is 1. The molecule has 7 heteroatoms. The zero-order chi connectivity index (χ0) is 14.6. The largest absolute Gasteiger partial charge is 0.479 e. The van der Waals surface area contributed by atoms with Gasteiger partial charge >= 0.3 is 5.97 Å². The predicted octanol–water partition coefficient (Wildman–Crippen LogP) is 1.85. The molecule has 1 unspecified atom stereocenters. The quantitative estimate of drug-likeness (QED) is 0.838. The van der Waals surface area contributed by atoms with Crippen LogP contribution < -0.4 is 5.32 Å². The molecule has 0 radical (unpaired) electrons. The number of aromatic nitrogens is 1. The Balaban J connectivity index is 1.78. The molecule has 0 aromatic carbocycles. The van der Waals surface area contributed by atoms with Gasteiger partial charge in [0.25, 0.3) is 0 Å². The van der Waals surface area contributed by atoms with E-state index in [1.807, 2.05) is 12.3 Å². The first-order chi connectivity index (χ1) is 9.52. The van der Waals surface area contributed by atoms with Gasteiger partial charge in [0.05, 0.1) is 10.7 Å². The zero-order valence-electron chi connectivity index (χ0n) is 11.3. The van der Waals surface area contributed by atoms with E-state index in [4.69, 9.17) is 0 Å². The summed E-state index contributed by atoms with van der Waals surface area (Å²) in [5.74, 6) is 0.136. The van der Waals surface area contributed by atoms with E-state index >= 15 is 0 Å². The molecule has 20 heavy (non-hydrogen) atoms. The monoisotopic (exact) mass is 314 g/mol. The van der Waals surface area contributed by atoms with Crippen LogP contribution in [0.5, 0.6) is 0 Å². The van der Waals surface area contributed by atoms with Gasteiger partial charge in [0.1, 0.15) is 5.54 Å². The van der Waals surface area contributed by atoms with Crippen molar-refractivity contribution in [3.8, 4) is 0 Å². The van der Waals surface area contributed by atoms with Crippen LogP contribution >= 0.6 is 23.1 Å². The van der Waals surface area contributed by atoms with Gasteiger partial charge in [-0.1, -0.05) is 0 Å².